The number of rotatable bonds is 3. The van der Waals surface area contributed by atoms with E-state index in [2.05, 4.69) is 50.1 Å². The van der Waals surface area contributed by atoms with Crippen LogP contribution in [-0.4, -0.2) is 65.1 Å². The fraction of sp³-hybridized carbons (Fsp3) is 0.630. The number of aromatic nitrogens is 1. The van der Waals surface area contributed by atoms with Crippen LogP contribution in [0.2, 0.25) is 0 Å². The van der Waals surface area contributed by atoms with Crippen LogP contribution in [0.1, 0.15) is 50.1 Å². The molecule has 3 aliphatic rings. The Morgan fingerprint density at radius 2 is 1.91 bits per heavy atom. The Hall–Kier alpha value is -1.76. The number of thiazole rings is 1. The summed E-state index contributed by atoms with van der Waals surface area (Å²) in [5.74, 6) is 0.427. The summed E-state index contributed by atoms with van der Waals surface area (Å²) in [5, 5.41) is 12.8. The zero-order valence-electron chi connectivity index (χ0n) is 20.3. The normalized spacial score (nSPS) is 33.3. The van der Waals surface area contributed by atoms with Gasteiger partial charge in [-0.15, -0.1) is 11.3 Å². The number of likely N-dealkylation sites (N-methyl/N-ethyl adjacent to an activating group) is 1. The van der Waals surface area contributed by atoms with Crippen LogP contribution in [0.25, 0.3) is 10.6 Å². The number of benzene rings is 1. The number of carbonyl (C=O) groups excluding carboxylic acids is 1. The van der Waals surface area contributed by atoms with Crippen LogP contribution in [0.5, 0.6) is 0 Å². The lowest BCUT2D eigenvalue weighted by atomic mass is 9.53. The molecule has 2 aromatic rings. The number of aliphatic hydroxyl groups is 1. The second-order valence-electron chi connectivity index (χ2n) is 10.9. The van der Waals surface area contributed by atoms with E-state index in [0.717, 1.165) is 50.4 Å². The second kappa shape index (κ2) is 8.79. The van der Waals surface area contributed by atoms with Crippen LogP contribution in [0.15, 0.2) is 30.3 Å². The number of hydrogen-bond acceptors (Lipinski definition) is 5. The molecule has 2 heterocycles. The molecule has 0 bridgehead atoms. The van der Waals surface area contributed by atoms with Gasteiger partial charge in [-0.3, -0.25) is 4.79 Å². The average Bonchev–Trinajstić information content (AvgIpc) is 3.23. The third-order valence-electron chi connectivity index (χ3n) is 8.79. The van der Waals surface area contributed by atoms with Crippen molar-refractivity contribution in [1.82, 2.24) is 14.8 Å². The summed E-state index contributed by atoms with van der Waals surface area (Å²) < 4.78 is 0. The van der Waals surface area contributed by atoms with Crippen LogP contribution < -0.4 is 0 Å². The fourth-order valence-corrected chi connectivity index (χ4v) is 8.12. The lowest BCUT2D eigenvalue weighted by Crippen LogP contribution is -2.55. The SMILES string of the molecule is CC(C(=O)N1CCN(C)CC1)C1CCC2(C)Cc3sc(-c4ccccc4)nc3C(C)C2C1O. The van der Waals surface area contributed by atoms with Crippen molar-refractivity contribution in [3.63, 3.8) is 0 Å². The molecule has 0 radical (unpaired) electrons. The van der Waals surface area contributed by atoms with Crippen molar-refractivity contribution in [2.45, 2.75) is 52.1 Å². The van der Waals surface area contributed by atoms with Gasteiger partial charge in [0.1, 0.15) is 5.01 Å². The molecule has 178 valence electrons. The maximum Gasteiger partial charge on any atom is 0.225 e. The molecule has 2 fully saturated rings. The molecule has 1 N–H and O–H groups in total. The van der Waals surface area contributed by atoms with Gasteiger partial charge in [0, 0.05) is 48.5 Å². The van der Waals surface area contributed by atoms with Gasteiger partial charge < -0.3 is 14.9 Å². The first-order chi connectivity index (χ1) is 15.8. The molecule has 6 heteroatoms. The molecule has 0 spiro atoms. The van der Waals surface area contributed by atoms with E-state index < -0.39 is 6.10 Å². The number of hydrogen-bond donors (Lipinski definition) is 1. The maximum atomic E-state index is 13.3. The van der Waals surface area contributed by atoms with Crippen molar-refractivity contribution in [2.75, 3.05) is 33.2 Å². The molecule has 1 aliphatic heterocycles. The van der Waals surface area contributed by atoms with Crippen molar-refractivity contribution in [3.05, 3.63) is 40.9 Å². The van der Waals surface area contributed by atoms with Gasteiger partial charge in [-0.05, 0) is 43.6 Å². The summed E-state index contributed by atoms with van der Waals surface area (Å²) >= 11 is 1.82. The van der Waals surface area contributed by atoms with E-state index in [1.807, 2.05) is 29.2 Å². The summed E-state index contributed by atoms with van der Waals surface area (Å²) in [6.45, 7) is 10.1. The Balaban J connectivity index is 1.38. The monoisotopic (exact) mass is 467 g/mol. The molecule has 33 heavy (non-hydrogen) atoms. The summed E-state index contributed by atoms with van der Waals surface area (Å²) in [6.07, 6.45) is 2.48. The van der Waals surface area contributed by atoms with Gasteiger partial charge in [-0.25, -0.2) is 4.98 Å². The maximum absolute atomic E-state index is 13.3. The molecule has 5 nitrogen and oxygen atoms in total. The highest BCUT2D eigenvalue weighted by Gasteiger charge is 2.54. The topological polar surface area (TPSA) is 56.7 Å². The van der Waals surface area contributed by atoms with Crippen LogP contribution in [0.4, 0.5) is 0 Å². The number of aliphatic hydroxyl groups excluding tert-OH is 1. The molecule has 1 aromatic heterocycles. The Kier molecular flexibility index (Phi) is 6.13. The zero-order valence-corrected chi connectivity index (χ0v) is 21.1. The molecule has 1 saturated carbocycles. The van der Waals surface area contributed by atoms with Gasteiger partial charge in [0.2, 0.25) is 5.91 Å². The summed E-state index contributed by atoms with van der Waals surface area (Å²) in [5.41, 5.74) is 2.39. The number of piperazine rings is 1. The van der Waals surface area contributed by atoms with Crippen molar-refractivity contribution in [2.24, 2.45) is 23.2 Å². The van der Waals surface area contributed by atoms with E-state index in [0.29, 0.717) is 0 Å². The third-order valence-corrected chi connectivity index (χ3v) is 9.91. The van der Waals surface area contributed by atoms with Crippen LogP contribution in [0, 0.1) is 23.2 Å². The minimum Gasteiger partial charge on any atom is -0.392 e. The van der Waals surface area contributed by atoms with Gasteiger partial charge in [0.05, 0.1) is 11.8 Å². The lowest BCUT2D eigenvalue weighted by molar-refractivity contribution is -0.146. The number of fused-ring (bicyclic) bond motifs is 2. The van der Waals surface area contributed by atoms with Crippen molar-refractivity contribution >= 4 is 17.2 Å². The molecule has 1 aromatic carbocycles. The first-order valence-corrected chi connectivity index (χ1v) is 13.3. The first kappa shape index (κ1) is 23.0. The Bertz CT molecular complexity index is 1000. The van der Waals surface area contributed by atoms with Crippen molar-refractivity contribution < 1.29 is 9.90 Å². The minimum absolute atomic E-state index is 0.0199. The zero-order chi connectivity index (χ0) is 23.3. The minimum atomic E-state index is -0.472. The smallest absolute Gasteiger partial charge is 0.225 e. The molecular formula is C27H37N3O2S. The highest BCUT2D eigenvalue weighted by atomic mass is 32.1. The molecule has 6 unspecified atom stereocenters. The van der Waals surface area contributed by atoms with Crippen LogP contribution >= 0.6 is 11.3 Å². The van der Waals surface area contributed by atoms with E-state index in [-0.39, 0.29) is 35.0 Å². The van der Waals surface area contributed by atoms with Gasteiger partial charge in [0.25, 0.3) is 0 Å². The van der Waals surface area contributed by atoms with Gasteiger partial charge in [-0.2, -0.15) is 0 Å². The molecule has 1 saturated heterocycles. The molecular weight excluding hydrogens is 430 g/mol. The standard InChI is InChI=1S/C27H37N3O2S/c1-17(26(32)30-14-12-29(4)13-15-30)20-10-11-27(3)16-21-23(18(2)22(27)24(20)31)28-25(33-21)19-8-6-5-7-9-19/h5-9,17-18,20,22,24,31H,10-16H2,1-4H3. The van der Waals surface area contributed by atoms with E-state index in [1.165, 1.54) is 16.1 Å². The highest BCUT2D eigenvalue weighted by molar-refractivity contribution is 7.15. The Morgan fingerprint density at radius 3 is 2.61 bits per heavy atom. The predicted molar refractivity (Wildman–Crippen MR) is 133 cm³/mol. The number of nitrogens with zero attached hydrogens (tertiary/aromatic N) is 3. The summed E-state index contributed by atoms with van der Waals surface area (Å²) in [6, 6.07) is 10.4. The number of amides is 1. The van der Waals surface area contributed by atoms with Crippen LogP contribution in [-0.2, 0) is 11.2 Å². The van der Waals surface area contributed by atoms with Crippen molar-refractivity contribution in [3.8, 4) is 10.6 Å². The van der Waals surface area contributed by atoms with E-state index in [9.17, 15) is 9.90 Å². The first-order valence-electron chi connectivity index (χ1n) is 12.5. The molecule has 1 amide bonds. The molecule has 2 aliphatic carbocycles. The van der Waals surface area contributed by atoms with Crippen molar-refractivity contribution in [1.29, 1.82) is 0 Å². The van der Waals surface area contributed by atoms with E-state index in [4.69, 9.17) is 4.98 Å². The van der Waals surface area contributed by atoms with Crippen LogP contribution in [0.3, 0.4) is 0 Å². The molecule has 5 rings (SSSR count). The predicted octanol–water partition coefficient (Wildman–Crippen LogP) is 4.27. The average molecular weight is 468 g/mol. The Labute approximate surface area is 201 Å². The number of carbonyl (C=O) groups is 1. The summed E-state index contributed by atoms with van der Waals surface area (Å²) in [7, 11) is 2.11. The largest absolute Gasteiger partial charge is 0.392 e. The Morgan fingerprint density at radius 1 is 1.21 bits per heavy atom. The summed E-state index contributed by atoms with van der Waals surface area (Å²) in [4.78, 5) is 24.1. The van der Waals surface area contributed by atoms with E-state index >= 15 is 0 Å². The van der Waals surface area contributed by atoms with E-state index in [1.54, 1.807) is 0 Å². The van der Waals surface area contributed by atoms with Gasteiger partial charge in [0.15, 0.2) is 0 Å². The quantitative estimate of drug-likeness (QED) is 0.732. The fourth-order valence-electron chi connectivity index (χ4n) is 6.75. The second-order valence-corrected chi connectivity index (χ2v) is 12.0. The molecule has 6 atom stereocenters. The van der Waals surface area contributed by atoms with Gasteiger partial charge >= 0.3 is 0 Å². The lowest BCUT2D eigenvalue weighted by Gasteiger charge is -2.53. The highest BCUT2D eigenvalue weighted by Crippen LogP contribution is 2.57. The third kappa shape index (κ3) is 4.04. The van der Waals surface area contributed by atoms with Gasteiger partial charge in [-0.1, -0.05) is 51.1 Å².